The van der Waals surface area contributed by atoms with Crippen LogP contribution in [0.15, 0.2) is 47.4 Å². The fraction of sp³-hybridized carbons (Fsp3) is 0.278. The lowest BCUT2D eigenvalue weighted by Crippen LogP contribution is -2.27. The molecule has 0 aliphatic carbocycles. The lowest BCUT2D eigenvalue weighted by atomic mass is 10.2. The van der Waals surface area contributed by atoms with E-state index in [0.717, 1.165) is 5.56 Å². The van der Waals surface area contributed by atoms with Gasteiger partial charge in [0.25, 0.3) is 0 Å². The number of nitrogens with zero attached hydrogens (tertiary/aromatic N) is 1. The molecule has 26 heavy (non-hydrogen) atoms. The molecule has 0 aliphatic rings. The third-order valence-corrected chi connectivity index (χ3v) is 5.57. The van der Waals surface area contributed by atoms with E-state index in [1.165, 1.54) is 50.7 Å². The van der Waals surface area contributed by atoms with Gasteiger partial charge in [-0.1, -0.05) is 18.2 Å². The summed E-state index contributed by atoms with van der Waals surface area (Å²) in [5.74, 6) is 0.676. The minimum absolute atomic E-state index is 0.0550. The molecule has 0 saturated heterocycles. The second kappa shape index (κ2) is 8.20. The molecule has 0 aromatic heterocycles. The summed E-state index contributed by atoms with van der Waals surface area (Å²) in [5.41, 5.74) is 1.04. The zero-order valence-electron chi connectivity index (χ0n) is 15.1. The Morgan fingerprint density at radius 3 is 2.35 bits per heavy atom. The van der Waals surface area contributed by atoms with Crippen LogP contribution in [0.3, 0.4) is 0 Å². The van der Waals surface area contributed by atoms with Gasteiger partial charge in [0.15, 0.2) is 0 Å². The predicted molar refractivity (Wildman–Crippen MR) is 98.9 cm³/mol. The van der Waals surface area contributed by atoms with Gasteiger partial charge in [0.05, 0.1) is 24.8 Å². The Kier molecular flexibility index (Phi) is 6.23. The van der Waals surface area contributed by atoms with Crippen LogP contribution in [-0.4, -0.2) is 39.9 Å². The van der Waals surface area contributed by atoms with Crippen LogP contribution >= 0.6 is 0 Å². The van der Waals surface area contributed by atoms with E-state index in [1.807, 2.05) is 18.2 Å². The molecule has 7 nitrogen and oxygen atoms in total. The Balaban J connectivity index is 2.35. The van der Waals surface area contributed by atoms with Gasteiger partial charge in [0.2, 0.25) is 15.9 Å². The van der Waals surface area contributed by atoms with E-state index < -0.39 is 10.0 Å². The highest BCUT2D eigenvalue weighted by Crippen LogP contribution is 2.29. The highest BCUT2D eigenvalue weighted by Gasteiger charge is 2.23. The maximum Gasteiger partial charge on any atom is 0.243 e. The van der Waals surface area contributed by atoms with Crippen molar-refractivity contribution in [2.75, 3.05) is 26.6 Å². The van der Waals surface area contributed by atoms with Gasteiger partial charge in [-0.3, -0.25) is 4.79 Å². The summed E-state index contributed by atoms with van der Waals surface area (Å²) < 4.78 is 37.5. The van der Waals surface area contributed by atoms with E-state index in [1.54, 1.807) is 6.07 Å². The summed E-state index contributed by atoms with van der Waals surface area (Å²) in [7, 11) is 0.701. The Labute approximate surface area is 153 Å². The first-order valence-electron chi connectivity index (χ1n) is 7.83. The first-order chi connectivity index (χ1) is 12.3. The number of rotatable bonds is 7. The molecule has 140 valence electrons. The summed E-state index contributed by atoms with van der Waals surface area (Å²) in [5, 5.41) is 2.58. The van der Waals surface area contributed by atoms with E-state index in [4.69, 9.17) is 9.47 Å². The van der Waals surface area contributed by atoms with Crippen LogP contribution in [0, 0.1) is 0 Å². The number of benzene rings is 2. The number of methoxy groups -OCH3 is 2. The fourth-order valence-electron chi connectivity index (χ4n) is 2.47. The molecule has 0 fully saturated rings. The van der Waals surface area contributed by atoms with Gasteiger partial charge < -0.3 is 14.8 Å². The average molecular weight is 378 g/mol. The summed E-state index contributed by atoms with van der Waals surface area (Å²) in [4.78, 5) is 11.4. The molecule has 0 spiro atoms. The number of hydrogen-bond acceptors (Lipinski definition) is 5. The number of ether oxygens (including phenoxy) is 2. The number of sulfonamides is 1. The summed E-state index contributed by atoms with van der Waals surface area (Å²) in [6.45, 7) is 1.49. The molecule has 0 heterocycles. The summed E-state index contributed by atoms with van der Waals surface area (Å²) in [6.07, 6.45) is 0. The summed E-state index contributed by atoms with van der Waals surface area (Å²) >= 11 is 0. The van der Waals surface area contributed by atoms with Crippen molar-refractivity contribution >= 4 is 21.6 Å². The van der Waals surface area contributed by atoms with Gasteiger partial charge >= 0.3 is 0 Å². The first kappa shape index (κ1) is 19.7. The molecule has 8 heteroatoms. The van der Waals surface area contributed by atoms with Gasteiger partial charge in [-0.25, -0.2) is 8.42 Å². The molecule has 1 amide bonds. The molecule has 2 aromatic carbocycles. The molecule has 2 rings (SSSR count). The van der Waals surface area contributed by atoms with Crippen molar-refractivity contribution in [2.24, 2.45) is 0 Å². The van der Waals surface area contributed by atoms with Crippen LogP contribution in [0.5, 0.6) is 11.5 Å². The van der Waals surface area contributed by atoms with Crippen LogP contribution in [0.25, 0.3) is 0 Å². The minimum atomic E-state index is -3.77. The minimum Gasteiger partial charge on any atom is -0.496 e. The Morgan fingerprint density at radius 1 is 1.08 bits per heavy atom. The third kappa shape index (κ3) is 4.33. The van der Waals surface area contributed by atoms with Crippen molar-refractivity contribution in [1.29, 1.82) is 0 Å². The van der Waals surface area contributed by atoms with E-state index >= 15 is 0 Å². The molecule has 0 aliphatic heterocycles. The Hall–Kier alpha value is -2.58. The highest BCUT2D eigenvalue weighted by molar-refractivity contribution is 7.89. The van der Waals surface area contributed by atoms with Crippen molar-refractivity contribution in [2.45, 2.75) is 18.4 Å². The molecule has 0 saturated carbocycles. The molecule has 0 unspecified atom stereocenters. The van der Waals surface area contributed by atoms with Crippen molar-refractivity contribution in [3.8, 4) is 11.5 Å². The molecule has 2 aromatic rings. The van der Waals surface area contributed by atoms with Gasteiger partial charge in [-0.2, -0.15) is 4.31 Å². The number of carbonyl (C=O) groups excluding carboxylic acids is 1. The van der Waals surface area contributed by atoms with Gasteiger partial charge in [-0.05, 0) is 24.3 Å². The maximum atomic E-state index is 12.9. The number of para-hydroxylation sites is 1. The van der Waals surface area contributed by atoms with E-state index in [9.17, 15) is 13.2 Å². The quantitative estimate of drug-likeness (QED) is 0.800. The molecule has 0 radical (unpaired) electrons. The molecule has 0 bridgehead atoms. The van der Waals surface area contributed by atoms with E-state index in [0.29, 0.717) is 17.2 Å². The normalized spacial score (nSPS) is 11.3. The number of amides is 1. The molecule has 1 N–H and O–H groups in total. The topological polar surface area (TPSA) is 84.9 Å². The molecule has 0 atom stereocenters. The van der Waals surface area contributed by atoms with Crippen molar-refractivity contribution in [3.05, 3.63) is 48.0 Å². The second-order valence-corrected chi connectivity index (χ2v) is 7.66. The van der Waals surface area contributed by atoms with Gasteiger partial charge in [0.1, 0.15) is 11.5 Å². The number of carbonyl (C=O) groups is 1. The van der Waals surface area contributed by atoms with Crippen molar-refractivity contribution in [3.63, 3.8) is 0 Å². The number of anilines is 1. The largest absolute Gasteiger partial charge is 0.496 e. The standard InChI is InChI=1S/C18H22N2O5S/c1-13(21)19-16-11-15(9-10-18(16)25-4)26(22,23)20(2)12-14-7-5-6-8-17(14)24-3/h5-11H,12H2,1-4H3,(H,19,21). The highest BCUT2D eigenvalue weighted by atomic mass is 32.2. The van der Waals surface area contributed by atoms with Crippen LogP contribution in [0.1, 0.15) is 12.5 Å². The monoisotopic (exact) mass is 378 g/mol. The molecular formula is C18H22N2O5S. The van der Waals surface area contributed by atoms with E-state index in [-0.39, 0.29) is 17.3 Å². The van der Waals surface area contributed by atoms with Crippen LogP contribution in [0.4, 0.5) is 5.69 Å². The predicted octanol–water partition coefficient (Wildman–Crippen LogP) is 2.48. The van der Waals surface area contributed by atoms with Crippen LogP contribution < -0.4 is 14.8 Å². The number of hydrogen-bond donors (Lipinski definition) is 1. The smallest absolute Gasteiger partial charge is 0.243 e. The SMILES string of the molecule is COc1ccccc1CN(C)S(=O)(=O)c1ccc(OC)c(NC(C)=O)c1. The van der Waals surface area contributed by atoms with Crippen molar-refractivity contribution in [1.82, 2.24) is 4.31 Å². The Morgan fingerprint density at radius 2 is 1.73 bits per heavy atom. The van der Waals surface area contributed by atoms with E-state index in [2.05, 4.69) is 5.32 Å². The second-order valence-electron chi connectivity index (χ2n) is 5.62. The van der Waals surface area contributed by atoms with Crippen molar-refractivity contribution < 1.29 is 22.7 Å². The van der Waals surface area contributed by atoms with Gasteiger partial charge in [-0.15, -0.1) is 0 Å². The lowest BCUT2D eigenvalue weighted by Gasteiger charge is -2.19. The fourth-order valence-corrected chi connectivity index (χ4v) is 3.65. The Bertz CT molecular complexity index is 896. The lowest BCUT2D eigenvalue weighted by molar-refractivity contribution is -0.114. The van der Waals surface area contributed by atoms with Crippen LogP contribution in [0.2, 0.25) is 0 Å². The average Bonchev–Trinajstić information content (AvgIpc) is 2.61. The number of nitrogens with one attached hydrogen (secondary N) is 1. The first-order valence-corrected chi connectivity index (χ1v) is 9.27. The van der Waals surface area contributed by atoms with Gasteiger partial charge in [0, 0.05) is 26.1 Å². The summed E-state index contributed by atoms with van der Waals surface area (Å²) in [6, 6.07) is 11.6. The molecular weight excluding hydrogens is 356 g/mol. The third-order valence-electron chi connectivity index (χ3n) is 3.78. The zero-order chi connectivity index (χ0) is 19.3. The zero-order valence-corrected chi connectivity index (χ0v) is 16.0. The maximum absolute atomic E-state index is 12.9. The van der Waals surface area contributed by atoms with Crippen LogP contribution in [-0.2, 0) is 21.4 Å².